The van der Waals surface area contributed by atoms with Crippen LogP contribution in [0.5, 0.6) is 0 Å². The lowest BCUT2D eigenvalue weighted by Gasteiger charge is -2.15. The number of epoxide rings is 1. The highest BCUT2D eigenvalue weighted by molar-refractivity contribution is 4.96. The van der Waals surface area contributed by atoms with Gasteiger partial charge in [-0.3, -0.25) is 4.90 Å². The highest BCUT2D eigenvalue weighted by Gasteiger charge is 2.53. The lowest BCUT2D eigenvalue weighted by molar-refractivity contribution is 0.150. The first-order chi connectivity index (χ1) is 11.1. The third kappa shape index (κ3) is 9.10. The molecule has 0 N–H and O–H groups in total. The fourth-order valence-electron chi connectivity index (χ4n) is 3.50. The second kappa shape index (κ2) is 12.3. The highest BCUT2D eigenvalue weighted by atomic mass is 16.6. The molecule has 138 valence electrons. The summed E-state index contributed by atoms with van der Waals surface area (Å²) < 4.78 is 5.81. The molecule has 0 aliphatic carbocycles. The number of hydrogen-bond donors (Lipinski definition) is 0. The summed E-state index contributed by atoms with van der Waals surface area (Å²) in [7, 11) is 4.23. The SMILES string of the molecule is CCCCCCCCCCCCCCCCC1OC1(C)N(C)C. The van der Waals surface area contributed by atoms with E-state index in [4.69, 9.17) is 4.74 Å². The topological polar surface area (TPSA) is 15.8 Å². The van der Waals surface area contributed by atoms with Gasteiger partial charge in [-0.15, -0.1) is 0 Å². The molecule has 0 bridgehead atoms. The third-order valence-corrected chi connectivity index (χ3v) is 5.63. The largest absolute Gasteiger partial charge is 0.350 e. The normalized spacial score (nSPS) is 23.6. The van der Waals surface area contributed by atoms with Crippen LogP contribution in [-0.2, 0) is 4.74 Å². The van der Waals surface area contributed by atoms with E-state index in [1.54, 1.807) is 0 Å². The molecule has 0 aromatic rings. The molecule has 23 heavy (non-hydrogen) atoms. The number of likely N-dealkylation sites (N-methyl/N-ethyl adjacent to an activating group) is 1. The van der Waals surface area contributed by atoms with E-state index in [1.165, 1.54) is 96.3 Å². The number of ether oxygens (including phenoxy) is 1. The first-order valence-electron chi connectivity index (χ1n) is 10.5. The fraction of sp³-hybridized carbons (Fsp3) is 1.00. The molecule has 0 aromatic heterocycles. The summed E-state index contributed by atoms with van der Waals surface area (Å²) in [5, 5.41) is 0. The van der Waals surface area contributed by atoms with E-state index < -0.39 is 0 Å². The minimum absolute atomic E-state index is 0.0382. The lowest BCUT2D eigenvalue weighted by atomic mass is 10.0. The standard InChI is InChI=1S/C21H43NO/c1-5-6-7-8-9-10-11-12-13-14-15-16-17-18-19-20-21(2,23-20)22(3)4/h20H,5-19H2,1-4H3. The van der Waals surface area contributed by atoms with Crippen LogP contribution in [0.25, 0.3) is 0 Å². The summed E-state index contributed by atoms with van der Waals surface area (Å²) in [5.74, 6) is 0. The van der Waals surface area contributed by atoms with Gasteiger partial charge in [0.25, 0.3) is 0 Å². The molecule has 2 atom stereocenters. The van der Waals surface area contributed by atoms with Crippen molar-refractivity contribution in [2.24, 2.45) is 0 Å². The van der Waals surface area contributed by atoms with E-state index in [2.05, 4.69) is 32.8 Å². The van der Waals surface area contributed by atoms with Gasteiger partial charge >= 0.3 is 0 Å². The monoisotopic (exact) mass is 325 g/mol. The first-order valence-corrected chi connectivity index (χ1v) is 10.5. The summed E-state index contributed by atoms with van der Waals surface area (Å²) in [6, 6.07) is 0. The molecule has 1 heterocycles. The van der Waals surface area contributed by atoms with Crippen LogP contribution in [0.3, 0.4) is 0 Å². The molecule has 1 aliphatic rings. The lowest BCUT2D eigenvalue weighted by Crippen LogP contribution is -2.30. The molecule has 2 heteroatoms. The van der Waals surface area contributed by atoms with Gasteiger partial charge in [0.15, 0.2) is 0 Å². The quantitative estimate of drug-likeness (QED) is 0.237. The van der Waals surface area contributed by atoms with E-state index in [0.29, 0.717) is 6.10 Å². The van der Waals surface area contributed by atoms with Crippen LogP contribution in [0.4, 0.5) is 0 Å². The maximum absolute atomic E-state index is 5.81. The summed E-state index contributed by atoms with van der Waals surface area (Å²) in [6.07, 6.45) is 21.8. The Morgan fingerprint density at radius 3 is 1.43 bits per heavy atom. The van der Waals surface area contributed by atoms with Crippen LogP contribution >= 0.6 is 0 Å². The predicted octanol–water partition coefficient (Wildman–Crippen LogP) is 6.53. The maximum atomic E-state index is 5.81. The Kier molecular flexibility index (Phi) is 11.2. The Hall–Kier alpha value is -0.0800. The van der Waals surface area contributed by atoms with Crippen LogP contribution in [0.1, 0.15) is 110 Å². The molecular formula is C21H43NO. The van der Waals surface area contributed by atoms with Gasteiger partial charge in [-0.2, -0.15) is 0 Å². The Morgan fingerprint density at radius 1 is 0.696 bits per heavy atom. The van der Waals surface area contributed by atoms with Gasteiger partial charge in [0.05, 0.1) is 0 Å². The van der Waals surface area contributed by atoms with Crippen LogP contribution < -0.4 is 0 Å². The Labute approximate surface area is 146 Å². The van der Waals surface area contributed by atoms with Gasteiger partial charge in [0.1, 0.15) is 11.8 Å². The van der Waals surface area contributed by atoms with E-state index in [1.807, 2.05) is 0 Å². The van der Waals surface area contributed by atoms with Crippen molar-refractivity contribution in [3.05, 3.63) is 0 Å². The average Bonchev–Trinajstić information content (AvgIpc) is 3.20. The molecule has 0 spiro atoms. The van der Waals surface area contributed by atoms with Crippen molar-refractivity contribution in [2.75, 3.05) is 14.1 Å². The number of rotatable bonds is 16. The highest BCUT2D eigenvalue weighted by Crippen LogP contribution is 2.40. The van der Waals surface area contributed by atoms with Gasteiger partial charge in [-0.1, -0.05) is 96.8 Å². The molecule has 1 rings (SSSR count). The molecule has 1 fully saturated rings. The van der Waals surface area contributed by atoms with Gasteiger partial charge in [0.2, 0.25) is 0 Å². The smallest absolute Gasteiger partial charge is 0.145 e. The van der Waals surface area contributed by atoms with Crippen molar-refractivity contribution in [2.45, 2.75) is 122 Å². The zero-order valence-electron chi connectivity index (χ0n) is 16.5. The zero-order valence-corrected chi connectivity index (χ0v) is 16.5. The number of hydrogen-bond acceptors (Lipinski definition) is 2. The molecule has 0 amide bonds. The molecule has 1 saturated heterocycles. The van der Waals surface area contributed by atoms with Gasteiger partial charge in [0, 0.05) is 0 Å². The second-order valence-electron chi connectivity index (χ2n) is 7.94. The minimum atomic E-state index is 0.0382. The van der Waals surface area contributed by atoms with Crippen molar-refractivity contribution < 1.29 is 4.74 Å². The molecule has 2 unspecified atom stereocenters. The first kappa shape index (κ1) is 21.0. The van der Waals surface area contributed by atoms with Crippen LogP contribution in [-0.4, -0.2) is 30.8 Å². The summed E-state index contributed by atoms with van der Waals surface area (Å²) in [5.41, 5.74) is 0.0382. The molecule has 1 aliphatic heterocycles. The molecule has 0 saturated carbocycles. The van der Waals surface area contributed by atoms with Crippen molar-refractivity contribution in [3.63, 3.8) is 0 Å². The number of nitrogens with zero attached hydrogens (tertiary/aromatic N) is 1. The zero-order chi connectivity index (χ0) is 17.0. The van der Waals surface area contributed by atoms with E-state index in [0.717, 1.165) is 0 Å². The Bertz CT molecular complexity index is 279. The van der Waals surface area contributed by atoms with E-state index in [-0.39, 0.29) is 5.72 Å². The molecular weight excluding hydrogens is 282 g/mol. The summed E-state index contributed by atoms with van der Waals surface area (Å²) in [4.78, 5) is 2.21. The summed E-state index contributed by atoms with van der Waals surface area (Å²) >= 11 is 0. The fourth-order valence-corrected chi connectivity index (χ4v) is 3.50. The summed E-state index contributed by atoms with van der Waals surface area (Å²) in [6.45, 7) is 4.50. The van der Waals surface area contributed by atoms with Crippen molar-refractivity contribution >= 4 is 0 Å². The Balaban J connectivity index is 1.73. The van der Waals surface area contributed by atoms with Gasteiger partial charge < -0.3 is 4.74 Å². The van der Waals surface area contributed by atoms with Gasteiger partial charge in [-0.05, 0) is 27.4 Å². The van der Waals surface area contributed by atoms with Crippen molar-refractivity contribution in [3.8, 4) is 0 Å². The second-order valence-corrected chi connectivity index (χ2v) is 7.94. The third-order valence-electron chi connectivity index (χ3n) is 5.63. The Morgan fingerprint density at radius 2 is 1.09 bits per heavy atom. The van der Waals surface area contributed by atoms with Crippen LogP contribution in [0.2, 0.25) is 0 Å². The van der Waals surface area contributed by atoms with Crippen LogP contribution in [0.15, 0.2) is 0 Å². The van der Waals surface area contributed by atoms with E-state index >= 15 is 0 Å². The maximum Gasteiger partial charge on any atom is 0.145 e. The molecule has 0 radical (unpaired) electrons. The van der Waals surface area contributed by atoms with Crippen molar-refractivity contribution in [1.29, 1.82) is 0 Å². The average molecular weight is 326 g/mol. The van der Waals surface area contributed by atoms with Gasteiger partial charge in [-0.25, -0.2) is 0 Å². The van der Waals surface area contributed by atoms with Crippen molar-refractivity contribution in [1.82, 2.24) is 4.90 Å². The van der Waals surface area contributed by atoms with Crippen LogP contribution in [0, 0.1) is 0 Å². The predicted molar refractivity (Wildman–Crippen MR) is 102 cm³/mol. The molecule has 2 nitrogen and oxygen atoms in total. The minimum Gasteiger partial charge on any atom is -0.350 e. The molecule has 0 aromatic carbocycles. The number of unbranched alkanes of at least 4 members (excludes halogenated alkanes) is 13. The van der Waals surface area contributed by atoms with E-state index in [9.17, 15) is 0 Å².